The SMILES string of the molecule is Cc1nn(-c2ncc(C(N)=O)c(C3CCC(OC(O)C(C)C)CC3)n2)c2ccccc12. The summed E-state index contributed by atoms with van der Waals surface area (Å²) in [6.07, 6.45) is 3.92. The lowest BCUT2D eigenvalue weighted by Gasteiger charge is -2.31. The van der Waals surface area contributed by atoms with E-state index < -0.39 is 12.2 Å². The maximum Gasteiger partial charge on any atom is 0.252 e. The third-order valence-electron chi connectivity index (χ3n) is 6.00. The number of hydrogen-bond donors (Lipinski definition) is 2. The number of amides is 1. The number of aromatic nitrogens is 4. The molecule has 0 bridgehead atoms. The number of fused-ring (bicyclic) bond motifs is 1. The molecule has 1 saturated carbocycles. The van der Waals surface area contributed by atoms with E-state index in [9.17, 15) is 9.90 Å². The number of ether oxygens (including phenoxy) is 1. The van der Waals surface area contributed by atoms with Gasteiger partial charge in [0, 0.05) is 23.4 Å². The molecule has 1 amide bonds. The number of aliphatic hydroxyl groups is 1. The van der Waals surface area contributed by atoms with Crippen molar-refractivity contribution in [2.45, 2.75) is 64.8 Å². The number of carbonyl (C=O) groups is 1. The van der Waals surface area contributed by atoms with Crippen LogP contribution in [0.5, 0.6) is 0 Å². The highest BCUT2D eigenvalue weighted by Crippen LogP contribution is 2.35. The molecule has 1 aromatic carbocycles. The number of aryl methyl sites for hydroxylation is 1. The number of nitrogens with two attached hydrogens (primary N) is 1. The van der Waals surface area contributed by atoms with E-state index in [1.165, 1.54) is 6.20 Å². The van der Waals surface area contributed by atoms with E-state index in [1.807, 2.05) is 45.0 Å². The smallest absolute Gasteiger partial charge is 0.252 e. The van der Waals surface area contributed by atoms with Crippen molar-refractivity contribution in [2.75, 3.05) is 0 Å². The Morgan fingerprint density at radius 2 is 1.94 bits per heavy atom. The lowest BCUT2D eigenvalue weighted by Crippen LogP contribution is -2.30. The van der Waals surface area contributed by atoms with E-state index in [-0.39, 0.29) is 17.9 Å². The molecule has 1 aliphatic rings. The molecule has 1 unspecified atom stereocenters. The van der Waals surface area contributed by atoms with Crippen LogP contribution in [-0.4, -0.2) is 43.2 Å². The van der Waals surface area contributed by atoms with Crippen LogP contribution in [0.1, 0.15) is 67.2 Å². The van der Waals surface area contributed by atoms with E-state index in [4.69, 9.17) is 15.5 Å². The van der Waals surface area contributed by atoms with Crippen molar-refractivity contribution < 1.29 is 14.6 Å². The van der Waals surface area contributed by atoms with Gasteiger partial charge in [0.15, 0.2) is 6.29 Å². The molecule has 164 valence electrons. The number of primary amides is 1. The van der Waals surface area contributed by atoms with Gasteiger partial charge in [0.25, 0.3) is 11.9 Å². The number of benzene rings is 1. The molecule has 0 spiro atoms. The molecular weight excluding hydrogens is 394 g/mol. The standard InChI is InChI=1S/C23H29N5O3/c1-13(2)22(30)31-16-10-8-15(9-11-16)20-18(21(24)29)12-25-23(26-20)28-19-7-5-4-6-17(19)14(3)27-28/h4-7,12-13,15-16,22,30H,8-11H2,1-3H3,(H2,24,29). The van der Waals surface area contributed by atoms with Crippen LogP contribution in [0.3, 0.4) is 0 Å². The number of carbonyl (C=O) groups excluding carboxylic acids is 1. The van der Waals surface area contributed by atoms with Crippen LogP contribution in [0.15, 0.2) is 30.5 Å². The van der Waals surface area contributed by atoms with E-state index in [1.54, 1.807) is 4.68 Å². The first-order valence-electron chi connectivity index (χ1n) is 10.8. The molecule has 2 heterocycles. The molecule has 31 heavy (non-hydrogen) atoms. The first-order chi connectivity index (χ1) is 14.8. The fourth-order valence-electron chi connectivity index (χ4n) is 4.19. The van der Waals surface area contributed by atoms with Crippen molar-refractivity contribution in [2.24, 2.45) is 11.7 Å². The van der Waals surface area contributed by atoms with Gasteiger partial charge in [0.05, 0.1) is 28.6 Å². The molecule has 3 N–H and O–H groups in total. The van der Waals surface area contributed by atoms with Gasteiger partial charge in [-0.15, -0.1) is 0 Å². The van der Waals surface area contributed by atoms with E-state index in [0.29, 0.717) is 17.2 Å². The van der Waals surface area contributed by atoms with Gasteiger partial charge in [0.2, 0.25) is 0 Å². The minimum absolute atomic E-state index is 0.00435. The zero-order valence-electron chi connectivity index (χ0n) is 18.2. The van der Waals surface area contributed by atoms with Crippen LogP contribution >= 0.6 is 0 Å². The Morgan fingerprint density at radius 1 is 1.23 bits per heavy atom. The van der Waals surface area contributed by atoms with Crippen LogP contribution in [-0.2, 0) is 4.74 Å². The highest BCUT2D eigenvalue weighted by Gasteiger charge is 2.29. The highest BCUT2D eigenvalue weighted by atomic mass is 16.6. The van der Waals surface area contributed by atoms with Gasteiger partial charge in [-0.3, -0.25) is 4.79 Å². The maximum atomic E-state index is 12.1. The summed E-state index contributed by atoms with van der Waals surface area (Å²) >= 11 is 0. The lowest BCUT2D eigenvalue weighted by atomic mass is 9.83. The molecule has 8 nitrogen and oxygen atoms in total. The molecule has 8 heteroatoms. The predicted molar refractivity (Wildman–Crippen MR) is 117 cm³/mol. The Bertz CT molecular complexity index is 1090. The molecule has 0 radical (unpaired) electrons. The maximum absolute atomic E-state index is 12.1. The van der Waals surface area contributed by atoms with Crippen LogP contribution in [0.4, 0.5) is 0 Å². The number of para-hydroxylation sites is 1. The second kappa shape index (κ2) is 8.72. The lowest BCUT2D eigenvalue weighted by molar-refractivity contribution is -0.166. The van der Waals surface area contributed by atoms with Crippen molar-refractivity contribution in [1.29, 1.82) is 0 Å². The van der Waals surface area contributed by atoms with E-state index in [0.717, 1.165) is 42.3 Å². The molecule has 3 aromatic rings. The third kappa shape index (κ3) is 4.31. The van der Waals surface area contributed by atoms with Crippen molar-refractivity contribution in [3.05, 3.63) is 47.4 Å². The molecule has 1 aliphatic carbocycles. The molecule has 1 fully saturated rings. The van der Waals surface area contributed by atoms with Gasteiger partial charge < -0.3 is 15.6 Å². The molecule has 4 rings (SSSR count). The summed E-state index contributed by atoms with van der Waals surface area (Å²) in [6.45, 7) is 5.81. The number of nitrogens with zero attached hydrogens (tertiary/aromatic N) is 4. The van der Waals surface area contributed by atoms with Gasteiger partial charge in [-0.05, 0) is 38.7 Å². The Morgan fingerprint density at radius 3 is 2.61 bits per heavy atom. The first kappa shape index (κ1) is 21.4. The number of hydrogen-bond acceptors (Lipinski definition) is 6. The number of rotatable bonds is 6. The monoisotopic (exact) mass is 423 g/mol. The molecule has 0 saturated heterocycles. The number of aliphatic hydroxyl groups excluding tert-OH is 1. The van der Waals surface area contributed by atoms with Gasteiger partial charge in [0.1, 0.15) is 0 Å². The summed E-state index contributed by atoms with van der Waals surface area (Å²) in [6, 6.07) is 7.91. The largest absolute Gasteiger partial charge is 0.368 e. The van der Waals surface area contributed by atoms with Gasteiger partial charge in [-0.2, -0.15) is 9.78 Å². The molecular formula is C23H29N5O3. The van der Waals surface area contributed by atoms with Crippen LogP contribution in [0.2, 0.25) is 0 Å². The molecule has 2 aromatic heterocycles. The first-order valence-corrected chi connectivity index (χ1v) is 10.8. The zero-order chi connectivity index (χ0) is 22.1. The second-order valence-electron chi connectivity index (χ2n) is 8.59. The van der Waals surface area contributed by atoms with E-state index in [2.05, 4.69) is 10.1 Å². The van der Waals surface area contributed by atoms with Crippen LogP contribution in [0, 0.1) is 12.8 Å². The fraction of sp³-hybridized carbons (Fsp3) is 0.478. The average Bonchev–Trinajstić information content (AvgIpc) is 3.10. The Hall–Kier alpha value is -2.84. The second-order valence-corrected chi connectivity index (χ2v) is 8.59. The summed E-state index contributed by atoms with van der Waals surface area (Å²) in [7, 11) is 0. The Balaban J connectivity index is 1.63. The van der Waals surface area contributed by atoms with Gasteiger partial charge in [-0.25, -0.2) is 9.97 Å². The van der Waals surface area contributed by atoms with Crippen molar-refractivity contribution in [1.82, 2.24) is 19.7 Å². The quantitative estimate of drug-likeness (QED) is 0.588. The molecule has 1 atom stereocenters. The van der Waals surface area contributed by atoms with Gasteiger partial charge in [-0.1, -0.05) is 32.0 Å². The summed E-state index contributed by atoms with van der Waals surface area (Å²) in [5, 5.41) is 15.7. The minimum Gasteiger partial charge on any atom is -0.368 e. The summed E-state index contributed by atoms with van der Waals surface area (Å²) < 4.78 is 7.49. The van der Waals surface area contributed by atoms with Gasteiger partial charge >= 0.3 is 0 Å². The predicted octanol–water partition coefficient (Wildman–Crippen LogP) is 3.24. The average molecular weight is 424 g/mol. The van der Waals surface area contributed by atoms with Crippen molar-refractivity contribution >= 4 is 16.8 Å². The van der Waals surface area contributed by atoms with E-state index >= 15 is 0 Å². The third-order valence-corrected chi connectivity index (χ3v) is 6.00. The van der Waals surface area contributed by atoms with Crippen molar-refractivity contribution in [3.63, 3.8) is 0 Å². The summed E-state index contributed by atoms with van der Waals surface area (Å²) in [5.74, 6) is 0.0220. The van der Waals surface area contributed by atoms with Crippen LogP contribution < -0.4 is 5.73 Å². The Labute approximate surface area is 181 Å². The molecule has 0 aliphatic heterocycles. The highest BCUT2D eigenvalue weighted by molar-refractivity contribution is 5.93. The van der Waals surface area contributed by atoms with Crippen LogP contribution in [0.25, 0.3) is 16.9 Å². The Kier molecular flexibility index (Phi) is 6.02. The zero-order valence-corrected chi connectivity index (χ0v) is 18.2. The summed E-state index contributed by atoms with van der Waals surface area (Å²) in [4.78, 5) is 21.2. The normalized spacial score (nSPS) is 20.3. The summed E-state index contributed by atoms with van der Waals surface area (Å²) in [5.41, 5.74) is 8.45. The topological polar surface area (TPSA) is 116 Å². The fourth-order valence-corrected chi connectivity index (χ4v) is 4.19. The van der Waals surface area contributed by atoms with Crippen molar-refractivity contribution in [3.8, 4) is 5.95 Å². The minimum atomic E-state index is -0.760.